The predicted octanol–water partition coefficient (Wildman–Crippen LogP) is 2.61. The molecule has 0 saturated carbocycles. The van der Waals surface area contributed by atoms with E-state index in [1.165, 1.54) is 0 Å². The molecule has 24 heavy (non-hydrogen) atoms. The fourth-order valence-electron chi connectivity index (χ4n) is 2.72. The fraction of sp³-hybridized carbons (Fsp3) is 0.588. The quantitative estimate of drug-likeness (QED) is 0.412. The molecular formula is C17H29ClIN5. The summed E-state index contributed by atoms with van der Waals surface area (Å²) in [5.74, 6) is 0.994. The summed E-state index contributed by atoms with van der Waals surface area (Å²) in [6.07, 6.45) is 0. The Bertz CT molecular complexity index is 517. The second-order valence-corrected chi connectivity index (χ2v) is 6.20. The summed E-state index contributed by atoms with van der Waals surface area (Å²) in [4.78, 5) is 11.4. The van der Waals surface area contributed by atoms with Gasteiger partial charge in [0.1, 0.15) is 0 Å². The lowest BCUT2D eigenvalue weighted by Crippen LogP contribution is -2.53. The van der Waals surface area contributed by atoms with Gasteiger partial charge in [0.05, 0.1) is 10.7 Å². The van der Waals surface area contributed by atoms with Gasteiger partial charge < -0.3 is 20.0 Å². The first kappa shape index (κ1) is 21.3. The minimum Gasteiger partial charge on any atom is -0.367 e. The number of nitrogens with one attached hydrogen (secondary N) is 1. The van der Waals surface area contributed by atoms with Gasteiger partial charge in [0.25, 0.3) is 0 Å². The second kappa shape index (κ2) is 11.0. The van der Waals surface area contributed by atoms with E-state index in [0.29, 0.717) is 0 Å². The molecule has 136 valence electrons. The van der Waals surface area contributed by atoms with Crippen LogP contribution in [0.2, 0.25) is 5.02 Å². The topological polar surface area (TPSA) is 34.1 Å². The van der Waals surface area contributed by atoms with E-state index in [0.717, 1.165) is 62.5 Å². The van der Waals surface area contributed by atoms with Gasteiger partial charge in [0.15, 0.2) is 5.96 Å². The minimum atomic E-state index is 0. The van der Waals surface area contributed by atoms with E-state index in [-0.39, 0.29) is 24.0 Å². The summed E-state index contributed by atoms with van der Waals surface area (Å²) in [5.41, 5.74) is 1.13. The van der Waals surface area contributed by atoms with Gasteiger partial charge in [-0.15, -0.1) is 24.0 Å². The van der Waals surface area contributed by atoms with Crippen molar-refractivity contribution in [3.63, 3.8) is 0 Å². The number of piperazine rings is 1. The van der Waals surface area contributed by atoms with E-state index in [2.05, 4.69) is 45.0 Å². The molecule has 5 nitrogen and oxygen atoms in total. The third kappa shape index (κ3) is 5.97. The van der Waals surface area contributed by atoms with Gasteiger partial charge in [0, 0.05) is 46.3 Å². The smallest absolute Gasteiger partial charge is 0.193 e. The summed E-state index contributed by atoms with van der Waals surface area (Å²) >= 11 is 6.30. The van der Waals surface area contributed by atoms with Crippen LogP contribution in [0, 0.1) is 0 Å². The van der Waals surface area contributed by atoms with Crippen molar-refractivity contribution in [2.24, 2.45) is 4.99 Å². The molecule has 1 aromatic rings. The third-order valence-corrected chi connectivity index (χ3v) is 4.62. The molecule has 1 aromatic carbocycles. The summed E-state index contributed by atoms with van der Waals surface area (Å²) in [6.45, 7) is 9.00. The Morgan fingerprint density at radius 1 is 1.25 bits per heavy atom. The van der Waals surface area contributed by atoms with Gasteiger partial charge in [-0.2, -0.15) is 0 Å². The molecule has 1 aliphatic rings. The Morgan fingerprint density at radius 2 is 1.92 bits per heavy atom. The van der Waals surface area contributed by atoms with E-state index >= 15 is 0 Å². The van der Waals surface area contributed by atoms with E-state index < -0.39 is 0 Å². The number of likely N-dealkylation sites (N-methyl/N-ethyl adjacent to an activating group) is 1. The Hall–Kier alpha value is -0.730. The maximum absolute atomic E-state index is 6.30. The molecule has 1 aliphatic heterocycles. The highest BCUT2D eigenvalue weighted by molar-refractivity contribution is 14.0. The molecule has 0 aromatic heterocycles. The van der Waals surface area contributed by atoms with Crippen LogP contribution < -0.4 is 10.2 Å². The van der Waals surface area contributed by atoms with Crippen molar-refractivity contribution >= 4 is 47.2 Å². The lowest BCUT2D eigenvalue weighted by molar-refractivity contribution is 0.344. The van der Waals surface area contributed by atoms with E-state index in [4.69, 9.17) is 11.6 Å². The molecule has 1 N–H and O–H groups in total. The monoisotopic (exact) mass is 465 g/mol. The molecule has 0 atom stereocenters. The zero-order valence-corrected chi connectivity index (χ0v) is 17.9. The molecule has 1 fully saturated rings. The van der Waals surface area contributed by atoms with Crippen LogP contribution in [0.15, 0.2) is 29.3 Å². The predicted molar refractivity (Wildman–Crippen MR) is 115 cm³/mol. The molecule has 0 unspecified atom stereocenters. The van der Waals surface area contributed by atoms with Gasteiger partial charge >= 0.3 is 0 Å². The molecule has 0 aliphatic carbocycles. The van der Waals surface area contributed by atoms with Crippen molar-refractivity contribution in [1.82, 2.24) is 15.1 Å². The largest absolute Gasteiger partial charge is 0.367 e. The number of nitrogens with zero attached hydrogens (tertiary/aromatic N) is 4. The number of para-hydroxylation sites is 1. The summed E-state index contributed by atoms with van der Waals surface area (Å²) in [7, 11) is 3.99. The highest BCUT2D eigenvalue weighted by Gasteiger charge is 2.20. The number of aliphatic imine (C=N–C) groups is 1. The van der Waals surface area contributed by atoms with Crippen molar-refractivity contribution in [2.75, 3.05) is 64.8 Å². The highest BCUT2D eigenvalue weighted by atomic mass is 127. The first-order valence-corrected chi connectivity index (χ1v) is 8.67. The van der Waals surface area contributed by atoms with E-state index in [1.807, 2.05) is 25.2 Å². The van der Waals surface area contributed by atoms with Crippen LogP contribution in [0.25, 0.3) is 0 Å². The zero-order chi connectivity index (χ0) is 16.7. The van der Waals surface area contributed by atoms with Gasteiger partial charge in [-0.25, -0.2) is 0 Å². The third-order valence-electron chi connectivity index (χ3n) is 4.30. The second-order valence-electron chi connectivity index (χ2n) is 5.80. The van der Waals surface area contributed by atoms with E-state index in [1.54, 1.807) is 0 Å². The van der Waals surface area contributed by atoms with Gasteiger partial charge in [-0.05, 0) is 25.7 Å². The average molecular weight is 466 g/mol. The summed E-state index contributed by atoms with van der Waals surface area (Å²) in [6, 6.07) is 8.05. The number of rotatable bonds is 5. The van der Waals surface area contributed by atoms with Crippen LogP contribution in [0.1, 0.15) is 6.92 Å². The van der Waals surface area contributed by atoms with Crippen molar-refractivity contribution in [2.45, 2.75) is 6.92 Å². The lowest BCUT2D eigenvalue weighted by Gasteiger charge is -2.38. The maximum Gasteiger partial charge on any atom is 0.193 e. The molecule has 0 spiro atoms. The number of guanidine groups is 1. The van der Waals surface area contributed by atoms with Crippen LogP contribution in [0.4, 0.5) is 5.69 Å². The molecule has 7 heteroatoms. The van der Waals surface area contributed by atoms with Crippen LogP contribution in [0.3, 0.4) is 0 Å². The Balaban J connectivity index is 0.00000288. The van der Waals surface area contributed by atoms with Crippen molar-refractivity contribution in [3.8, 4) is 0 Å². The first-order valence-electron chi connectivity index (χ1n) is 8.29. The summed E-state index contributed by atoms with van der Waals surface area (Å²) in [5, 5.41) is 4.29. The average Bonchev–Trinajstić information content (AvgIpc) is 2.59. The van der Waals surface area contributed by atoms with Crippen LogP contribution in [-0.4, -0.2) is 75.7 Å². The standard InChI is InChI=1S/C17H28ClN5.HI/c1-4-21(3)10-9-20-17(19-2)23-13-11-22(12-14-23)16-8-6-5-7-15(16)18;/h5-8H,4,9-14H2,1-3H3,(H,19,20);1H. The number of hydrogen-bond acceptors (Lipinski definition) is 3. The molecule has 1 saturated heterocycles. The number of hydrogen-bond donors (Lipinski definition) is 1. The first-order chi connectivity index (χ1) is 11.2. The molecular weight excluding hydrogens is 437 g/mol. The van der Waals surface area contributed by atoms with Crippen molar-refractivity contribution in [3.05, 3.63) is 29.3 Å². The normalized spacial score (nSPS) is 15.5. The molecule has 2 rings (SSSR count). The number of anilines is 1. The molecule has 0 amide bonds. The van der Waals surface area contributed by atoms with Crippen LogP contribution in [-0.2, 0) is 0 Å². The lowest BCUT2D eigenvalue weighted by atomic mass is 10.2. The summed E-state index contributed by atoms with van der Waals surface area (Å²) < 4.78 is 0. The highest BCUT2D eigenvalue weighted by Crippen LogP contribution is 2.25. The number of halogens is 2. The maximum atomic E-state index is 6.30. The van der Waals surface area contributed by atoms with Crippen molar-refractivity contribution < 1.29 is 0 Å². The van der Waals surface area contributed by atoms with Gasteiger partial charge in [0.2, 0.25) is 0 Å². The van der Waals surface area contributed by atoms with Gasteiger partial charge in [-0.3, -0.25) is 4.99 Å². The Kier molecular flexibility index (Phi) is 9.76. The molecule has 0 bridgehead atoms. The Morgan fingerprint density at radius 3 is 2.50 bits per heavy atom. The zero-order valence-electron chi connectivity index (χ0n) is 14.8. The molecule has 0 radical (unpaired) electrons. The fourth-order valence-corrected chi connectivity index (χ4v) is 2.97. The van der Waals surface area contributed by atoms with Crippen LogP contribution in [0.5, 0.6) is 0 Å². The van der Waals surface area contributed by atoms with Crippen molar-refractivity contribution in [1.29, 1.82) is 0 Å². The van der Waals surface area contributed by atoms with Gasteiger partial charge in [-0.1, -0.05) is 30.7 Å². The number of benzene rings is 1. The van der Waals surface area contributed by atoms with Crippen LogP contribution >= 0.6 is 35.6 Å². The SMILES string of the molecule is CCN(C)CCNC(=NC)N1CCN(c2ccccc2Cl)CC1.I. The Labute approximate surface area is 168 Å². The van der Waals surface area contributed by atoms with E-state index in [9.17, 15) is 0 Å². The minimum absolute atomic E-state index is 0. The molecule has 1 heterocycles.